The lowest BCUT2D eigenvalue weighted by Gasteiger charge is -2.25. The van der Waals surface area contributed by atoms with Crippen molar-refractivity contribution in [1.29, 1.82) is 0 Å². The molecular weight excluding hydrogens is 342 g/mol. The van der Waals surface area contributed by atoms with Crippen LogP contribution in [-0.2, 0) is 4.79 Å². The number of amides is 2. The molecule has 0 saturated carbocycles. The van der Waals surface area contributed by atoms with E-state index in [2.05, 4.69) is 16.0 Å². The largest absolute Gasteiger partial charge is 0.485 e. The molecular formula is C17H13N3O6. The zero-order chi connectivity index (χ0) is 17.9. The van der Waals surface area contributed by atoms with Gasteiger partial charge in [-0.05, 0) is 24.3 Å². The lowest BCUT2D eigenvalue weighted by molar-refractivity contribution is -0.131. The van der Waals surface area contributed by atoms with Crippen molar-refractivity contribution in [2.45, 2.75) is 6.10 Å². The number of hydrogen-bond donors (Lipinski definition) is 2. The quantitative estimate of drug-likeness (QED) is 0.685. The topological polar surface area (TPSA) is 116 Å². The van der Waals surface area contributed by atoms with Gasteiger partial charge in [-0.2, -0.15) is 0 Å². The van der Waals surface area contributed by atoms with Crippen LogP contribution in [0.1, 0.15) is 10.5 Å². The zero-order valence-corrected chi connectivity index (χ0v) is 13.3. The van der Waals surface area contributed by atoms with Crippen LogP contribution in [-0.4, -0.2) is 29.7 Å². The predicted octanol–water partition coefficient (Wildman–Crippen LogP) is 1.54. The molecule has 0 radical (unpaired) electrons. The smallest absolute Gasteiger partial charge is 0.291 e. The molecule has 132 valence electrons. The Bertz CT molecular complexity index is 934. The third-order valence-electron chi connectivity index (χ3n) is 3.61. The van der Waals surface area contributed by atoms with Crippen molar-refractivity contribution in [3.05, 3.63) is 54.4 Å². The molecule has 1 aromatic carbocycles. The third kappa shape index (κ3) is 3.09. The molecule has 3 aromatic rings. The highest BCUT2D eigenvalue weighted by Gasteiger charge is 2.27. The fourth-order valence-electron chi connectivity index (χ4n) is 2.33. The second kappa shape index (κ2) is 6.63. The molecule has 1 atom stereocenters. The first-order valence-corrected chi connectivity index (χ1v) is 7.70. The first-order valence-electron chi connectivity index (χ1n) is 7.70. The minimum Gasteiger partial charge on any atom is -0.485 e. The van der Waals surface area contributed by atoms with Gasteiger partial charge in [0.1, 0.15) is 6.61 Å². The van der Waals surface area contributed by atoms with Crippen LogP contribution in [0.5, 0.6) is 11.5 Å². The summed E-state index contributed by atoms with van der Waals surface area (Å²) in [5.74, 6) is 0.567. The van der Waals surface area contributed by atoms with Crippen LogP contribution >= 0.6 is 0 Å². The molecule has 0 spiro atoms. The molecule has 4 rings (SSSR count). The molecule has 2 aromatic heterocycles. The molecule has 0 bridgehead atoms. The first-order chi connectivity index (χ1) is 12.7. The Hall–Kier alpha value is -3.75. The first kappa shape index (κ1) is 15.8. The number of aromatic nitrogens is 1. The second-order valence-corrected chi connectivity index (χ2v) is 5.36. The predicted molar refractivity (Wildman–Crippen MR) is 86.2 cm³/mol. The maximum Gasteiger partial charge on any atom is 0.291 e. The van der Waals surface area contributed by atoms with Crippen molar-refractivity contribution in [2.75, 3.05) is 6.61 Å². The van der Waals surface area contributed by atoms with Gasteiger partial charge < -0.3 is 18.4 Å². The van der Waals surface area contributed by atoms with E-state index in [0.717, 1.165) is 0 Å². The van der Waals surface area contributed by atoms with Crippen molar-refractivity contribution in [3.63, 3.8) is 0 Å². The molecule has 9 heteroatoms. The van der Waals surface area contributed by atoms with Gasteiger partial charge in [0.05, 0.1) is 6.26 Å². The Morgan fingerprint density at radius 3 is 2.69 bits per heavy atom. The summed E-state index contributed by atoms with van der Waals surface area (Å²) in [5, 5.41) is 3.64. The van der Waals surface area contributed by atoms with Crippen molar-refractivity contribution < 1.29 is 28.0 Å². The van der Waals surface area contributed by atoms with E-state index in [9.17, 15) is 9.59 Å². The van der Waals surface area contributed by atoms with Crippen molar-refractivity contribution in [3.8, 4) is 23.0 Å². The number of para-hydroxylation sites is 2. The summed E-state index contributed by atoms with van der Waals surface area (Å²) in [6.07, 6.45) is 0.587. The van der Waals surface area contributed by atoms with Crippen LogP contribution in [0.3, 0.4) is 0 Å². The second-order valence-electron chi connectivity index (χ2n) is 5.36. The van der Waals surface area contributed by atoms with E-state index < -0.39 is 17.9 Å². The van der Waals surface area contributed by atoms with Gasteiger partial charge in [0.15, 0.2) is 23.0 Å². The van der Waals surface area contributed by atoms with E-state index in [0.29, 0.717) is 23.0 Å². The molecule has 2 amide bonds. The molecule has 2 N–H and O–H groups in total. The number of carbonyl (C=O) groups excluding carboxylic acids is 2. The SMILES string of the molecule is O=C(NNC(=O)C1COc2ccccc2O1)c1cc(-c2ccco2)on1. The maximum absolute atomic E-state index is 12.1. The third-order valence-corrected chi connectivity index (χ3v) is 3.61. The lowest BCUT2D eigenvalue weighted by atomic mass is 10.2. The van der Waals surface area contributed by atoms with Gasteiger partial charge in [0, 0.05) is 6.07 Å². The molecule has 26 heavy (non-hydrogen) atoms. The normalized spacial score (nSPS) is 15.3. The summed E-state index contributed by atoms with van der Waals surface area (Å²) >= 11 is 0. The van der Waals surface area contributed by atoms with Crippen molar-refractivity contribution in [2.24, 2.45) is 0 Å². The molecule has 0 fully saturated rings. The molecule has 1 unspecified atom stereocenters. The van der Waals surface area contributed by atoms with Crippen LogP contribution in [0.4, 0.5) is 0 Å². The van der Waals surface area contributed by atoms with Crippen LogP contribution < -0.4 is 20.3 Å². The number of hydrogen-bond acceptors (Lipinski definition) is 7. The van der Waals surface area contributed by atoms with Gasteiger partial charge in [-0.25, -0.2) is 0 Å². The maximum atomic E-state index is 12.1. The summed E-state index contributed by atoms with van der Waals surface area (Å²) in [6.45, 7) is 0.0331. The lowest BCUT2D eigenvalue weighted by Crippen LogP contribution is -2.50. The Balaban J connectivity index is 1.34. The Labute approximate surface area is 146 Å². The number of hydrazine groups is 1. The highest BCUT2D eigenvalue weighted by molar-refractivity contribution is 5.94. The summed E-state index contributed by atoms with van der Waals surface area (Å²) in [4.78, 5) is 24.2. The van der Waals surface area contributed by atoms with Crippen LogP contribution in [0.2, 0.25) is 0 Å². The van der Waals surface area contributed by atoms with Gasteiger partial charge in [-0.3, -0.25) is 20.4 Å². The summed E-state index contributed by atoms with van der Waals surface area (Å²) < 4.78 is 21.2. The number of nitrogens with zero attached hydrogens (tertiary/aromatic N) is 1. The van der Waals surface area contributed by atoms with E-state index in [1.807, 2.05) is 0 Å². The van der Waals surface area contributed by atoms with Crippen molar-refractivity contribution in [1.82, 2.24) is 16.0 Å². The highest BCUT2D eigenvalue weighted by Crippen LogP contribution is 2.30. The van der Waals surface area contributed by atoms with Gasteiger partial charge in [-0.1, -0.05) is 17.3 Å². The minimum atomic E-state index is -0.888. The molecule has 0 aliphatic carbocycles. The minimum absolute atomic E-state index is 0.0112. The van der Waals surface area contributed by atoms with Crippen molar-refractivity contribution >= 4 is 11.8 Å². The number of ether oxygens (including phenoxy) is 2. The van der Waals surface area contributed by atoms with E-state index in [-0.39, 0.29) is 12.3 Å². The van der Waals surface area contributed by atoms with Crippen LogP contribution in [0, 0.1) is 0 Å². The zero-order valence-electron chi connectivity index (χ0n) is 13.3. The number of fused-ring (bicyclic) bond motifs is 1. The van der Waals surface area contributed by atoms with Crippen LogP contribution in [0.15, 0.2) is 57.7 Å². The Morgan fingerprint density at radius 1 is 1.04 bits per heavy atom. The molecule has 1 aliphatic heterocycles. The van der Waals surface area contributed by atoms with Crippen LogP contribution in [0.25, 0.3) is 11.5 Å². The Morgan fingerprint density at radius 2 is 1.88 bits per heavy atom. The molecule has 1 aliphatic rings. The van der Waals surface area contributed by atoms with Gasteiger partial charge in [0.25, 0.3) is 11.8 Å². The summed E-state index contributed by atoms with van der Waals surface area (Å²) in [6, 6.07) is 11.8. The van der Waals surface area contributed by atoms with E-state index >= 15 is 0 Å². The Kier molecular flexibility index (Phi) is 4.02. The average molecular weight is 355 g/mol. The van der Waals surface area contributed by atoms with Gasteiger partial charge >= 0.3 is 0 Å². The van der Waals surface area contributed by atoms with E-state index in [4.69, 9.17) is 18.4 Å². The molecule has 0 saturated heterocycles. The number of carbonyl (C=O) groups is 2. The standard InChI is InChI=1S/C17H13N3O6/c21-16(10-8-14(26-20-10)12-6-3-7-23-12)18-19-17(22)15-9-24-11-4-1-2-5-13(11)25-15/h1-8,15H,9H2,(H,18,21)(H,19,22). The fraction of sp³-hybridized carbons (Fsp3) is 0.118. The fourth-order valence-corrected chi connectivity index (χ4v) is 2.33. The van der Waals surface area contributed by atoms with E-state index in [1.165, 1.54) is 12.3 Å². The number of furan rings is 1. The number of benzene rings is 1. The summed E-state index contributed by atoms with van der Waals surface area (Å²) in [5.41, 5.74) is 4.52. The number of nitrogens with one attached hydrogen (secondary N) is 2. The van der Waals surface area contributed by atoms with E-state index in [1.54, 1.807) is 36.4 Å². The van der Waals surface area contributed by atoms with Gasteiger partial charge in [0.2, 0.25) is 11.9 Å². The monoisotopic (exact) mass is 355 g/mol. The highest BCUT2D eigenvalue weighted by atomic mass is 16.6. The molecule has 3 heterocycles. The molecule has 9 nitrogen and oxygen atoms in total. The summed E-state index contributed by atoms with van der Waals surface area (Å²) in [7, 11) is 0. The average Bonchev–Trinajstić information content (AvgIpc) is 3.36. The number of rotatable bonds is 3. The van der Waals surface area contributed by atoms with Gasteiger partial charge in [-0.15, -0.1) is 0 Å².